The van der Waals surface area contributed by atoms with Crippen molar-refractivity contribution in [2.45, 2.75) is 25.0 Å². The minimum atomic E-state index is -4.05. The van der Waals surface area contributed by atoms with Crippen molar-refractivity contribution in [1.29, 1.82) is 0 Å². The van der Waals surface area contributed by atoms with Crippen molar-refractivity contribution in [3.05, 3.63) is 52.8 Å². The van der Waals surface area contributed by atoms with Crippen molar-refractivity contribution in [3.8, 4) is 11.1 Å². The Kier molecular flexibility index (Phi) is 4.76. The number of nitrogens with zero attached hydrogens (tertiary/aromatic N) is 1. The first-order chi connectivity index (χ1) is 11.4. The Bertz CT molecular complexity index is 964. The molecule has 0 bridgehead atoms. The normalized spacial score (nSPS) is 13.3. The van der Waals surface area contributed by atoms with Gasteiger partial charge in [-0.15, -0.1) is 0 Å². The van der Waals surface area contributed by atoms with Crippen molar-refractivity contribution >= 4 is 37.1 Å². The molecule has 0 aliphatic carbocycles. The van der Waals surface area contributed by atoms with E-state index in [1.165, 1.54) is 13.3 Å². The van der Waals surface area contributed by atoms with Crippen LogP contribution in [0.15, 0.2) is 51.7 Å². The van der Waals surface area contributed by atoms with Crippen LogP contribution in [0.1, 0.15) is 18.9 Å². The van der Waals surface area contributed by atoms with Crippen molar-refractivity contribution in [2.24, 2.45) is 0 Å². The number of rotatable bonds is 5. The molecule has 0 radical (unpaired) electrons. The van der Waals surface area contributed by atoms with E-state index in [0.29, 0.717) is 18.4 Å². The number of fused-ring (bicyclic) bond motifs is 1. The van der Waals surface area contributed by atoms with Crippen molar-refractivity contribution in [1.82, 2.24) is 4.98 Å². The van der Waals surface area contributed by atoms with Crippen LogP contribution in [0.2, 0.25) is 0 Å². The van der Waals surface area contributed by atoms with Crippen LogP contribution < -0.4 is 0 Å². The molecule has 0 saturated carbocycles. The summed E-state index contributed by atoms with van der Waals surface area (Å²) in [5.74, 6) is 0. The molecule has 1 aromatic heterocycles. The van der Waals surface area contributed by atoms with Crippen LogP contribution >= 0.6 is 15.9 Å². The van der Waals surface area contributed by atoms with E-state index in [1.54, 1.807) is 0 Å². The first-order valence-electron chi connectivity index (χ1n) is 7.43. The number of aromatic nitrogens is 1. The van der Waals surface area contributed by atoms with Gasteiger partial charge in [0.15, 0.2) is 12.0 Å². The third-order valence-electron chi connectivity index (χ3n) is 4.07. The van der Waals surface area contributed by atoms with Gasteiger partial charge in [-0.3, -0.25) is 4.55 Å². The van der Waals surface area contributed by atoms with E-state index in [9.17, 15) is 13.0 Å². The molecule has 2 aromatic carbocycles. The fourth-order valence-corrected chi connectivity index (χ4v) is 3.32. The summed E-state index contributed by atoms with van der Waals surface area (Å²) in [5, 5.41) is -0.836. The molecule has 0 spiro atoms. The zero-order valence-electron chi connectivity index (χ0n) is 12.9. The second-order valence-electron chi connectivity index (χ2n) is 5.66. The lowest BCUT2D eigenvalue weighted by atomic mass is 9.95. The molecular weight excluding hydrogens is 394 g/mol. The number of hydrogen-bond acceptors (Lipinski definition) is 4. The predicted octanol–water partition coefficient (Wildman–Crippen LogP) is 4.47. The van der Waals surface area contributed by atoms with Crippen LogP contribution in [0, 0.1) is 0 Å². The van der Waals surface area contributed by atoms with Gasteiger partial charge in [0, 0.05) is 4.47 Å². The maximum atomic E-state index is 11.3. The van der Waals surface area contributed by atoms with Gasteiger partial charge in [0.05, 0.1) is 5.25 Å². The second-order valence-corrected chi connectivity index (χ2v) is 8.41. The summed E-state index contributed by atoms with van der Waals surface area (Å²) >= 11 is 3.42. The van der Waals surface area contributed by atoms with Crippen LogP contribution in [0.25, 0.3) is 22.2 Å². The summed E-state index contributed by atoms with van der Waals surface area (Å²) < 4.78 is 38.1. The van der Waals surface area contributed by atoms with Gasteiger partial charge >= 0.3 is 0 Å². The van der Waals surface area contributed by atoms with Crippen LogP contribution in [0.3, 0.4) is 0 Å². The minimum absolute atomic E-state index is 0.300. The highest BCUT2D eigenvalue weighted by Crippen LogP contribution is 2.32. The summed E-state index contributed by atoms with van der Waals surface area (Å²) in [6.07, 6.45) is 2.15. The van der Waals surface area contributed by atoms with Crippen molar-refractivity contribution in [3.63, 3.8) is 0 Å². The zero-order chi connectivity index (χ0) is 17.3. The highest BCUT2D eigenvalue weighted by Gasteiger charge is 2.20. The first-order valence-corrected chi connectivity index (χ1v) is 9.73. The summed E-state index contributed by atoms with van der Waals surface area (Å²) in [4.78, 5) is 4.27. The maximum Gasteiger partial charge on any atom is 0.267 e. The fourth-order valence-electron chi connectivity index (χ4n) is 2.64. The lowest BCUT2D eigenvalue weighted by Crippen LogP contribution is -2.17. The second kappa shape index (κ2) is 6.66. The van der Waals surface area contributed by atoms with Gasteiger partial charge < -0.3 is 4.42 Å². The third kappa shape index (κ3) is 3.53. The van der Waals surface area contributed by atoms with E-state index in [-0.39, 0.29) is 0 Å². The number of hydrogen-bond donors (Lipinski definition) is 1. The quantitative estimate of drug-likeness (QED) is 0.628. The molecule has 1 unspecified atom stereocenters. The lowest BCUT2D eigenvalue weighted by molar-refractivity contribution is 0.466. The standard InChI is InChI=1S/C17H16BrNO4S/c1-11(24(20,21)22)2-7-15-14(12-3-5-13(18)6-4-12)8-9-16-17(15)19-10-23-16/h3-6,8-11H,2,7H2,1H3,(H,20,21,22). The molecule has 0 aliphatic heterocycles. The fraction of sp³-hybridized carbons (Fsp3) is 0.235. The molecule has 126 valence electrons. The molecule has 1 N–H and O–H groups in total. The molecule has 0 amide bonds. The summed E-state index contributed by atoms with van der Waals surface area (Å²) in [6.45, 7) is 1.50. The van der Waals surface area contributed by atoms with Gasteiger partial charge in [0.1, 0.15) is 5.52 Å². The third-order valence-corrected chi connectivity index (χ3v) is 5.85. The minimum Gasteiger partial charge on any atom is -0.443 e. The van der Waals surface area contributed by atoms with Crippen molar-refractivity contribution in [2.75, 3.05) is 0 Å². The average molecular weight is 410 g/mol. The smallest absolute Gasteiger partial charge is 0.267 e. The highest BCUT2D eigenvalue weighted by atomic mass is 79.9. The Morgan fingerprint density at radius 3 is 2.58 bits per heavy atom. The molecule has 0 aliphatic rings. The number of benzene rings is 2. The lowest BCUT2D eigenvalue weighted by Gasteiger charge is -2.13. The Labute approximate surface area is 148 Å². The summed E-state index contributed by atoms with van der Waals surface area (Å²) in [7, 11) is -4.05. The first kappa shape index (κ1) is 17.1. The molecule has 7 heteroatoms. The predicted molar refractivity (Wildman–Crippen MR) is 96.5 cm³/mol. The molecule has 0 saturated heterocycles. The van der Waals surface area contributed by atoms with Crippen LogP contribution in [0.5, 0.6) is 0 Å². The summed E-state index contributed by atoms with van der Waals surface area (Å²) in [5.41, 5.74) is 4.28. The number of aryl methyl sites for hydroxylation is 1. The Balaban J connectivity index is 2.04. The molecule has 5 nitrogen and oxygen atoms in total. The number of halogens is 1. The van der Waals surface area contributed by atoms with Gasteiger partial charge in [-0.1, -0.05) is 34.1 Å². The largest absolute Gasteiger partial charge is 0.443 e. The molecule has 3 rings (SSSR count). The van der Waals surface area contributed by atoms with Crippen LogP contribution in [-0.2, 0) is 16.5 Å². The Morgan fingerprint density at radius 2 is 1.92 bits per heavy atom. The van der Waals surface area contributed by atoms with Crippen molar-refractivity contribution < 1.29 is 17.4 Å². The SMILES string of the molecule is CC(CCc1c(-c2ccc(Br)cc2)ccc2ocnc12)S(=O)(=O)O. The Hall–Kier alpha value is -1.70. The summed E-state index contributed by atoms with van der Waals surface area (Å²) in [6, 6.07) is 11.7. The van der Waals surface area contributed by atoms with Gasteiger partial charge in [-0.25, -0.2) is 4.98 Å². The monoisotopic (exact) mass is 409 g/mol. The van der Waals surface area contributed by atoms with E-state index in [0.717, 1.165) is 26.7 Å². The molecule has 1 atom stereocenters. The van der Waals surface area contributed by atoms with E-state index in [4.69, 9.17) is 4.42 Å². The zero-order valence-corrected chi connectivity index (χ0v) is 15.3. The molecule has 1 heterocycles. The van der Waals surface area contributed by atoms with Gasteiger partial charge in [0.2, 0.25) is 0 Å². The average Bonchev–Trinajstić information content (AvgIpc) is 3.01. The van der Waals surface area contributed by atoms with Gasteiger partial charge in [-0.2, -0.15) is 8.42 Å². The Morgan fingerprint density at radius 1 is 1.21 bits per heavy atom. The molecular formula is C17H16BrNO4S. The van der Waals surface area contributed by atoms with Gasteiger partial charge in [0.25, 0.3) is 10.1 Å². The molecule has 24 heavy (non-hydrogen) atoms. The van der Waals surface area contributed by atoms with E-state index in [1.807, 2.05) is 36.4 Å². The van der Waals surface area contributed by atoms with E-state index in [2.05, 4.69) is 20.9 Å². The topological polar surface area (TPSA) is 80.4 Å². The maximum absolute atomic E-state index is 11.3. The molecule has 0 fully saturated rings. The van der Waals surface area contributed by atoms with Gasteiger partial charge in [-0.05, 0) is 54.7 Å². The molecule has 3 aromatic rings. The number of oxazole rings is 1. The highest BCUT2D eigenvalue weighted by molar-refractivity contribution is 9.10. The van der Waals surface area contributed by atoms with E-state index < -0.39 is 15.4 Å². The van der Waals surface area contributed by atoms with E-state index >= 15 is 0 Å². The van der Waals surface area contributed by atoms with Crippen LogP contribution in [0.4, 0.5) is 0 Å². The van der Waals surface area contributed by atoms with Crippen LogP contribution in [-0.4, -0.2) is 23.2 Å².